The van der Waals surface area contributed by atoms with Crippen molar-refractivity contribution in [3.63, 3.8) is 0 Å². The van der Waals surface area contributed by atoms with Gasteiger partial charge in [0.1, 0.15) is 6.61 Å². The summed E-state index contributed by atoms with van der Waals surface area (Å²) in [5.74, 6) is -2.38. The molecular weight excluding hydrogens is 367 g/mol. The fourth-order valence-electron chi connectivity index (χ4n) is 6.85. The van der Waals surface area contributed by atoms with E-state index < -0.39 is 58.5 Å². The van der Waals surface area contributed by atoms with E-state index in [0.717, 1.165) is 0 Å². The van der Waals surface area contributed by atoms with Crippen LogP contribution in [-0.2, 0) is 9.59 Å². The molecule has 0 aromatic carbocycles. The van der Waals surface area contributed by atoms with Crippen molar-refractivity contribution in [1.82, 2.24) is 0 Å². The van der Waals surface area contributed by atoms with Gasteiger partial charge in [-0.3, -0.25) is 9.59 Å². The van der Waals surface area contributed by atoms with Crippen molar-refractivity contribution in [2.45, 2.75) is 63.0 Å². The van der Waals surface area contributed by atoms with Crippen molar-refractivity contribution in [2.75, 3.05) is 6.61 Å². The minimum absolute atomic E-state index is 0.0135. The van der Waals surface area contributed by atoms with Crippen LogP contribution in [0.4, 0.5) is 4.39 Å². The molecule has 6 nitrogen and oxygen atoms in total. The van der Waals surface area contributed by atoms with E-state index in [0.29, 0.717) is 18.4 Å². The van der Waals surface area contributed by atoms with Gasteiger partial charge < -0.3 is 20.4 Å². The molecule has 0 aromatic rings. The number of ketones is 2. The van der Waals surface area contributed by atoms with Crippen LogP contribution in [0, 0.1) is 22.7 Å². The molecule has 7 heteroatoms. The fourth-order valence-corrected chi connectivity index (χ4v) is 6.85. The molecule has 0 spiro atoms. The van der Waals surface area contributed by atoms with Gasteiger partial charge >= 0.3 is 0 Å². The van der Waals surface area contributed by atoms with E-state index in [1.54, 1.807) is 13.8 Å². The summed E-state index contributed by atoms with van der Waals surface area (Å²) in [7, 11) is 0. The van der Waals surface area contributed by atoms with Crippen molar-refractivity contribution < 1.29 is 34.4 Å². The van der Waals surface area contributed by atoms with Crippen LogP contribution in [0.5, 0.6) is 0 Å². The van der Waals surface area contributed by atoms with Crippen LogP contribution in [0.25, 0.3) is 0 Å². The lowest BCUT2D eigenvalue weighted by Gasteiger charge is -2.62. The van der Waals surface area contributed by atoms with Gasteiger partial charge in [0, 0.05) is 16.7 Å². The number of fused-ring (bicyclic) bond motifs is 5. The molecule has 0 heterocycles. The Labute approximate surface area is 162 Å². The lowest BCUT2D eigenvalue weighted by atomic mass is 9.44. The van der Waals surface area contributed by atoms with E-state index in [2.05, 4.69) is 0 Å². The maximum absolute atomic E-state index is 16.8. The first kappa shape index (κ1) is 19.9. The number of aliphatic hydroxyl groups is 4. The molecule has 4 aliphatic rings. The number of carbonyl (C=O) groups is 2. The van der Waals surface area contributed by atoms with Gasteiger partial charge in [-0.15, -0.1) is 0 Å². The van der Waals surface area contributed by atoms with Gasteiger partial charge in [0.25, 0.3) is 0 Å². The number of aliphatic hydroxyl groups excluding tert-OH is 3. The monoisotopic (exact) mass is 394 g/mol. The second-order valence-electron chi connectivity index (χ2n) is 9.36. The topological polar surface area (TPSA) is 115 Å². The largest absolute Gasteiger partial charge is 0.390 e. The number of hydrogen-bond donors (Lipinski definition) is 4. The zero-order valence-electron chi connectivity index (χ0n) is 16.1. The highest BCUT2D eigenvalue weighted by molar-refractivity contribution is 6.01. The molecule has 0 bridgehead atoms. The molecule has 4 rings (SSSR count). The number of hydrogen-bond acceptors (Lipinski definition) is 6. The summed E-state index contributed by atoms with van der Waals surface area (Å²) in [6.07, 6.45) is 1.93. The maximum Gasteiger partial charge on any atom is 0.192 e. The molecule has 3 fully saturated rings. The van der Waals surface area contributed by atoms with E-state index in [1.165, 1.54) is 18.2 Å². The van der Waals surface area contributed by atoms with Gasteiger partial charge in [0.05, 0.1) is 12.2 Å². The van der Waals surface area contributed by atoms with E-state index in [-0.39, 0.29) is 18.6 Å². The van der Waals surface area contributed by atoms with E-state index in [1.807, 2.05) is 0 Å². The average Bonchev–Trinajstić information content (AvgIpc) is 2.84. The van der Waals surface area contributed by atoms with Crippen molar-refractivity contribution in [1.29, 1.82) is 0 Å². The van der Waals surface area contributed by atoms with E-state index >= 15 is 4.39 Å². The second kappa shape index (κ2) is 5.81. The Morgan fingerprint density at radius 3 is 2.57 bits per heavy atom. The Balaban J connectivity index is 1.84. The van der Waals surface area contributed by atoms with Crippen LogP contribution < -0.4 is 0 Å². The van der Waals surface area contributed by atoms with Crippen LogP contribution in [0.15, 0.2) is 23.8 Å². The minimum atomic E-state index is -2.23. The molecule has 154 valence electrons. The van der Waals surface area contributed by atoms with Crippen LogP contribution in [0.1, 0.15) is 39.5 Å². The van der Waals surface area contributed by atoms with Crippen LogP contribution >= 0.6 is 0 Å². The molecule has 0 saturated heterocycles. The minimum Gasteiger partial charge on any atom is -0.390 e. The third-order valence-electron chi connectivity index (χ3n) is 8.43. The smallest absolute Gasteiger partial charge is 0.192 e. The number of alkyl halides is 1. The third-order valence-corrected chi connectivity index (χ3v) is 8.43. The number of Topliss-reactive ketones (excluding diaryl/α,β-unsaturated/α-hetero) is 1. The Hall–Kier alpha value is -1.41. The summed E-state index contributed by atoms with van der Waals surface area (Å²) in [6.45, 7) is 2.33. The summed E-state index contributed by atoms with van der Waals surface area (Å²) < 4.78 is 16.8. The van der Waals surface area contributed by atoms with Gasteiger partial charge in [0.15, 0.2) is 22.8 Å². The van der Waals surface area contributed by atoms with Crippen molar-refractivity contribution >= 4 is 11.6 Å². The Bertz CT molecular complexity index is 807. The SMILES string of the molecule is C[C@]12C=CC(=O)C=C1CC[C@H]1[C@@H]3C[C@H](O)[C@@](O)(C(=O)CO)[C@@]3(C)C[C@@H](O)[C@@]12F. The van der Waals surface area contributed by atoms with Crippen LogP contribution in [0.2, 0.25) is 0 Å². The van der Waals surface area contributed by atoms with Crippen molar-refractivity contribution in [2.24, 2.45) is 22.7 Å². The van der Waals surface area contributed by atoms with E-state index in [9.17, 15) is 30.0 Å². The van der Waals surface area contributed by atoms with Gasteiger partial charge in [-0.2, -0.15) is 0 Å². The van der Waals surface area contributed by atoms with Gasteiger partial charge in [0.2, 0.25) is 0 Å². The predicted octanol–water partition coefficient (Wildman–Crippen LogP) is 0.620. The predicted molar refractivity (Wildman–Crippen MR) is 96.8 cm³/mol. The molecular formula is C21H27FO6. The second-order valence-corrected chi connectivity index (χ2v) is 9.36. The first-order valence-corrected chi connectivity index (χ1v) is 9.82. The highest BCUT2D eigenvalue weighted by atomic mass is 19.1. The zero-order chi connectivity index (χ0) is 20.7. The highest BCUT2D eigenvalue weighted by Crippen LogP contribution is 2.69. The lowest BCUT2D eigenvalue weighted by molar-refractivity contribution is -0.222. The molecule has 0 aliphatic heterocycles. The molecule has 0 unspecified atom stereocenters. The van der Waals surface area contributed by atoms with Crippen molar-refractivity contribution in [3.05, 3.63) is 23.8 Å². The number of halogens is 1. The third kappa shape index (κ3) is 2.01. The zero-order valence-corrected chi connectivity index (χ0v) is 16.1. The maximum atomic E-state index is 16.8. The molecule has 28 heavy (non-hydrogen) atoms. The Morgan fingerprint density at radius 1 is 1.25 bits per heavy atom. The van der Waals surface area contributed by atoms with Gasteiger partial charge in [-0.1, -0.05) is 18.6 Å². The quantitative estimate of drug-likeness (QED) is 0.546. The summed E-state index contributed by atoms with van der Waals surface area (Å²) in [5.41, 5.74) is -6.12. The summed E-state index contributed by atoms with van der Waals surface area (Å²) in [4.78, 5) is 24.2. The number of allylic oxidation sites excluding steroid dienone is 4. The molecule has 4 aliphatic carbocycles. The lowest BCUT2D eigenvalue weighted by Crippen LogP contribution is -2.69. The Morgan fingerprint density at radius 2 is 1.93 bits per heavy atom. The van der Waals surface area contributed by atoms with Gasteiger partial charge in [-0.25, -0.2) is 4.39 Å². The average molecular weight is 394 g/mol. The first-order chi connectivity index (χ1) is 13.0. The molecule has 3 saturated carbocycles. The van der Waals surface area contributed by atoms with E-state index in [4.69, 9.17) is 0 Å². The Kier molecular flexibility index (Phi) is 4.13. The normalized spacial score (nSPS) is 52.5. The standard InChI is InChI=1S/C21H27FO6/c1-18-6-5-12(24)7-11(18)3-4-13-14-8-15(25)21(28,17(27)10-23)19(14,2)9-16(26)20(13,18)22/h5-7,13-16,23,25-26,28H,3-4,8-10H2,1-2H3/t13-,14-,15-,16+,18-,19-,20-,21+/m0/s1. The van der Waals surface area contributed by atoms with Crippen LogP contribution in [0.3, 0.4) is 0 Å². The molecule has 0 radical (unpaired) electrons. The molecule has 4 N–H and O–H groups in total. The molecule has 8 atom stereocenters. The highest BCUT2D eigenvalue weighted by Gasteiger charge is 2.76. The summed E-state index contributed by atoms with van der Waals surface area (Å²) in [5, 5.41) is 42.1. The summed E-state index contributed by atoms with van der Waals surface area (Å²) in [6, 6.07) is 0. The first-order valence-electron chi connectivity index (χ1n) is 9.82. The van der Waals surface area contributed by atoms with Crippen LogP contribution in [-0.4, -0.2) is 62.1 Å². The van der Waals surface area contributed by atoms with Gasteiger partial charge in [-0.05, 0) is 50.7 Å². The summed E-state index contributed by atoms with van der Waals surface area (Å²) >= 11 is 0. The van der Waals surface area contributed by atoms with Crippen molar-refractivity contribution in [3.8, 4) is 0 Å². The molecule has 0 amide bonds. The fraction of sp³-hybridized carbons (Fsp3) is 0.714. The number of rotatable bonds is 2. The molecule has 0 aromatic heterocycles. The number of carbonyl (C=O) groups excluding carboxylic acids is 2.